The van der Waals surface area contributed by atoms with Crippen LogP contribution >= 0.6 is 0 Å². The molecule has 0 atom stereocenters. The molecule has 0 aromatic carbocycles. The first-order valence-electron chi connectivity index (χ1n) is 3.87. The molecule has 0 aliphatic heterocycles. The van der Waals surface area contributed by atoms with E-state index >= 15 is 0 Å². The molecule has 0 aliphatic carbocycles. The maximum Gasteiger partial charge on any atom is 0.631 e. The van der Waals surface area contributed by atoms with Crippen molar-refractivity contribution in [3.05, 3.63) is 0 Å². The Morgan fingerprint density at radius 2 is 0.231 bits per heavy atom. The summed E-state index contributed by atoms with van der Waals surface area (Å²) in [5, 5.41) is 108. The summed E-state index contributed by atoms with van der Waals surface area (Å²) < 4.78 is 0. The van der Waals surface area contributed by atoms with E-state index in [2.05, 4.69) is 0 Å². The van der Waals surface area contributed by atoms with E-state index in [0.29, 0.717) is 0 Å². The van der Waals surface area contributed by atoms with Crippen molar-refractivity contribution in [3.63, 3.8) is 0 Å². The predicted octanol–water partition coefficient (Wildman–Crippen LogP) is -14.8. The molecule has 0 rings (SSSR count). The van der Waals surface area contributed by atoms with Crippen molar-refractivity contribution >= 4 is 88.0 Å². The smallest absolute Gasteiger partial charge is 0.412 e. The minimum Gasteiger partial charge on any atom is -0.412 e. The summed E-state index contributed by atoms with van der Waals surface area (Å²) in [7, 11) is -10.8. The van der Waals surface area contributed by atoms with Gasteiger partial charge < -0.3 is 103 Å². The van der Waals surface area contributed by atoms with Crippen molar-refractivity contribution in [2.24, 2.45) is 0 Å². The topological polar surface area (TPSA) is 461 Å². The van der Waals surface area contributed by atoms with E-state index in [9.17, 15) is 0 Å². The number of hydrogen-bond acceptors (Lipinski definition) is 15. The van der Waals surface area contributed by atoms with Gasteiger partial charge in [0, 0.05) is 51.4 Å². The molecule has 161 valence electrons. The summed E-state index contributed by atoms with van der Waals surface area (Å²) >= 11 is 0. The third-order valence-corrected chi connectivity index (χ3v) is 0. The first-order chi connectivity index (χ1) is 8.66. The van der Waals surface area contributed by atoms with Crippen molar-refractivity contribution < 1.29 is 103 Å². The van der Waals surface area contributed by atoms with Gasteiger partial charge in [-0.05, 0) is 0 Å². The second-order valence-electron chi connectivity index (χ2n) is 1.73. The summed E-state index contributed by atoms with van der Waals surface area (Å²) in [6.07, 6.45) is 0. The van der Waals surface area contributed by atoms with Crippen LogP contribution in [0.15, 0.2) is 0 Å². The summed E-state index contributed by atoms with van der Waals surface area (Å²) in [4.78, 5) is 0. The minimum absolute atomic E-state index is 0. The van der Waals surface area contributed by atoms with Gasteiger partial charge in [0.2, 0.25) is 0 Å². The zero-order valence-corrected chi connectivity index (χ0v) is 16.2. The molecule has 0 aromatic heterocycles. The normalized spacial score (nSPS) is 5.19. The molecule has 0 heterocycles. The summed E-state index contributed by atoms with van der Waals surface area (Å²) in [5.74, 6) is 0. The van der Waals surface area contributed by atoms with Gasteiger partial charge in [-0.3, -0.25) is 0 Å². The van der Waals surface area contributed by atoms with Crippen LogP contribution < -0.4 is 0 Å². The van der Waals surface area contributed by atoms with Crippen LogP contribution in [0.4, 0.5) is 0 Å². The standard InChI is InChI=1S/5BH3O3.K.5H2O/c5*2-1(3)4;;;;;;/h5*2-4H;;5*1H2. The Kier molecular flexibility index (Phi) is 174. The number of hydrogen-bond donors (Lipinski definition) is 15. The third kappa shape index (κ3) is 10900. The molecular weight excluding hydrogens is 413 g/mol. The molecule has 25 N–H and O–H groups in total. The molecular formula is H25B5KO20. The Hall–Kier alpha value is 1.16. The van der Waals surface area contributed by atoms with Crippen LogP contribution in [0.1, 0.15) is 0 Å². The van der Waals surface area contributed by atoms with Crippen LogP contribution in [0.2, 0.25) is 0 Å². The molecule has 0 fully saturated rings. The molecule has 1 radical (unpaired) electrons. The van der Waals surface area contributed by atoms with Crippen molar-refractivity contribution in [1.29, 1.82) is 0 Å². The van der Waals surface area contributed by atoms with E-state index in [1.165, 1.54) is 0 Å². The molecule has 26 heteroatoms. The molecule has 0 aromatic rings. The zero-order chi connectivity index (χ0) is 17.9. The average Bonchev–Trinajstić information content (AvgIpc) is 1.94. The zero-order valence-electron chi connectivity index (χ0n) is 13.1. The first kappa shape index (κ1) is 71.2. The van der Waals surface area contributed by atoms with Crippen molar-refractivity contribution in [1.82, 2.24) is 0 Å². The van der Waals surface area contributed by atoms with Crippen molar-refractivity contribution in [2.75, 3.05) is 0 Å². The molecule has 0 saturated carbocycles. The quantitative estimate of drug-likeness (QED) is 0.156. The maximum atomic E-state index is 7.17. The fraction of sp³-hybridized carbons (Fsp3) is 0. The first-order valence-corrected chi connectivity index (χ1v) is 3.87. The van der Waals surface area contributed by atoms with Crippen LogP contribution in [0.3, 0.4) is 0 Å². The van der Waals surface area contributed by atoms with E-state index in [-0.39, 0.29) is 78.8 Å². The van der Waals surface area contributed by atoms with E-state index in [0.717, 1.165) is 0 Å². The molecule has 20 nitrogen and oxygen atoms in total. The Bertz CT molecular complexity index is 82.8. The largest absolute Gasteiger partial charge is 0.631 e. The van der Waals surface area contributed by atoms with Gasteiger partial charge in [0.05, 0.1) is 0 Å². The molecule has 0 amide bonds. The Balaban J connectivity index is -0.0000000114. The van der Waals surface area contributed by atoms with Gasteiger partial charge in [0.1, 0.15) is 0 Å². The second kappa shape index (κ2) is 63.4. The second-order valence-corrected chi connectivity index (χ2v) is 1.73. The SMILES string of the molecule is O.O.O.O.O.OB(O)O.OB(O)O.OB(O)O.OB(O)O.OB(O)O.[K]. The van der Waals surface area contributed by atoms with E-state index in [4.69, 9.17) is 75.4 Å². The number of rotatable bonds is 0. The van der Waals surface area contributed by atoms with E-state index < -0.39 is 36.6 Å². The van der Waals surface area contributed by atoms with Gasteiger partial charge in [0.25, 0.3) is 0 Å². The molecule has 0 saturated heterocycles. The molecule has 0 aliphatic rings. The summed E-state index contributed by atoms with van der Waals surface area (Å²) in [6, 6.07) is 0. The van der Waals surface area contributed by atoms with Crippen molar-refractivity contribution in [2.45, 2.75) is 0 Å². The summed E-state index contributed by atoms with van der Waals surface area (Å²) in [5.41, 5.74) is 0. The van der Waals surface area contributed by atoms with Crippen LogP contribution in [-0.4, -0.2) is 191 Å². The van der Waals surface area contributed by atoms with Crippen molar-refractivity contribution in [3.8, 4) is 0 Å². The van der Waals surface area contributed by atoms with Gasteiger partial charge >= 0.3 is 36.6 Å². The van der Waals surface area contributed by atoms with Crippen LogP contribution in [0.5, 0.6) is 0 Å². The monoisotopic (exact) mass is 439 g/mol. The Morgan fingerprint density at radius 1 is 0.231 bits per heavy atom. The van der Waals surface area contributed by atoms with E-state index in [1.807, 2.05) is 0 Å². The fourth-order valence-corrected chi connectivity index (χ4v) is 0. The molecule has 0 bridgehead atoms. The fourth-order valence-electron chi connectivity index (χ4n) is 0. The molecule has 0 spiro atoms. The predicted molar refractivity (Wildman–Crippen MR) is 85.9 cm³/mol. The van der Waals surface area contributed by atoms with E-state index in [1.54, 1.807) is 0 Å². The Labute approximate surface area is 189 Å². The van der Waals surface area contributed by atoms with Gasteiger partial charge in [-0.2, -0.15) is 0 Å². The van der Waals surface area contributed by atoms with Gasteiger partial charge in [-0.15, -0.1) is 0 Å². The van der Waals surface area contributed by atoms with Gasteiger partial charge in [-0.1, -0.05) is 0 Å². The third-order valence-electron chi connectivity index (χ3n) is 0. The van der Waals surface area contributed by atoms with Gasteiger partial charge in [-0.25, -0.2) is 0 Å². The van der Waals surface area contributed by atoms with Gasteiger partial charge in [0.15, 0.2) is 0 Å². The molecule has 0 unspecified atom stereocenters. The molecule has 26 heavy (non-hydrogen) atoms. The van der Waals surface area contributed by atoms with Crippen LogP contribution in [-0.2, 0) is 0 Å². The summed E-state index contributed by atoms with van der Waals surface area (Å²) in [6.45, 7) is 0. The van der Waals surface area contributed by atoms with Crippen LogP contribution in [0.25, 0.3) is 0 Å². The van der Waals surface area contributed by atoms with Crippen LogP contribution in [0, 0.1) is 0 Å². The average molecular weight is 438 g/mol. The minimum atomic E-state index is -2.17. The maximum absolute atomic E-state index is 7.17. The Morgan fingerprint density at radius 3 is 0.231 bits per heavy atom.